The van der Waals surface area contributed by atoms with E-state index in [1.165, 1.54) is 16.0 Å². The Labute approximate surface area is 233 Å². The van der Waals surface area contributed by atoms with E-state index in [0.29, 0.717) is 33.2 Å². The predicted octanol–water partition coefficient (Wildman–Crippen LogP) is 7.07. The van der Waals surface area contributed by atoms with Crippen LogP contribution >= 0.6 is 11.6 Å². The monoisotopic (exact) mass is 534 g/mol. The summed E-state index contributed by atoms with van der Waals surface area (Å²) in [6.07, 6.45) is 4.80. The number of benzene rings is 3. The van der Waals surface area contributed by atoms with E-state index < -0.39 is 0 Å². The molecule has 1 heterocycles. The van der Waals surface area contributed by atoms with Crippen LogP contribution in [0.3, 0.4) is 0 Å². The number of carbonyl (C=O) groups is 2. The molecule has 0 bridgehead atoms. The normalized spacial score (nSPS) is 11.0. The quantitative estimate of drug-likeness (QED) is 0.227. The molecule has 0 radical (unpaired) electrons. The highest BCUT2D eigenvalue weighted by Gasteiger charge is 2.19. The zero-order valence-corrected chi connectivity index (χ0v) is 22.5. The molecule has 0 aliphatic carbocycles. The molecule has 4 aromatic rings. The first-order valence-electron chi connectivity index (χ1n) is 12.1. The number of anilines is 2. The van der Waals surface area contributed by atoms with Gasteiger partial charge in [-0.2, -0.15) is 0 Å². The third kappa shape index (κ3) is 6.20. The van der Waals surface area contributed by atoms with Crippen molar-refractivity contribution >= 4 is 40.5 Å². The van der Waals surface area contributed by atoms with E-state index in [4.69, 9.17) is 11.6 Å². The van der Waals surface area contributed by atoms with Crippen molar-refractivity contribution in [2.45, 2.75) is 0 Å². The van der Waals surface area contributed by atoms with Crippen molar-refractivity contribution in [3.8, 4) is 11.3 Å². The second-order valence-electron chi connectivity index (χ2n) is 8.67. The number of hydrogen-bond donors (Lipinski definition) is 0. The standard InChI is InChI=1S/C32H27ClN4O2/c1-5-29(34-6-2)22-10-14-24(15-11-22)31(38)36(3)27-19-26(33)20-28(21-27)37(4)32(39)25-16-12-23(13-17-25)30-9-7-8-18-35-30/h5-21H,1-2H2,3-4H3. The van der Waals surface area contributed by atoms with Crippen molar-refractivity contribution in [3.05, 3.63) is 138 Å². The molecule has 3 aromatic carbocycles. The third-order valence-corrected chi connectivity index (χ3v) is 6.41. The highest BCUT2D eigenvalue weighted by molar-refractivity contribution is 6.31. The number of nitrogens with zero attached hydrogens (tertiary/aromatic N) is 4. The van der Waals surface area contributed by atoms with Crippen LogP contribution in [0.1, 0.15) is 26.3 Å². The summed E-state index contributed by atoms with van der Waals surface area (Å²) in [6.45, 7) is 7.38. The maximum atomic E-state index is 13.3. The zero-order chi connectivity index (χ0) is 27.9. The van der Waals surface area contributed by atoms with Gasteiger partial charge in [-0.15, -0.1) is 0 Å². The topological polar surface area (TPSA) is 65.9 Å². The van der Waals surface area contributed by atoms with Gasteiger partial charge >= 0.3 is 0 Å². The maximum Gasteiger partial charge on any atom is 0.258 e. The van der Waals surface area contributed by atoms with Gasteiger partial charge in [-0.05, 0) is 60.7 Å². The van der Waals surface area contributed by atoms with Crippen LogP contribution in [0.15, 0.2) is 122 Å². The molecule has 0 saturated carbocycles. The molecule has 4 rings (SSSR count). The largest absolute Gasteiger partial charge is 0.311 e. The van der Waals surface area contributed by atoms with E-state index in [1.807, 2.05) is 30.3 Å². The van der Waals surface area contributed by atoms with Gasteiger partial charge in [0.25, 0.3) is 11.8 Å². The molecule has 0 N–H and O–H groups in total. The number of aliphatic imine (C=N–C) groups is 1. The first kappa shape index (κ1) is 27.2. The van der Waals surface area contributed by atoms with E-state index >= 15 is 0 Å². The minimum absolute atomic E-state index is 0.209. The Kier molecular flexibility index (Phi) is 8.49. The van der Waals surface area contributed by atoms with Crippen molar-refractivity contribution < 1.29 is 9.59 Å². The van der Waals surface area contributed by atoms with Gasteiger partial charge in [-0.25, -0.2) is 0 Å². The van der Waals surface area contributed by atoms with Crippen LogP contribution in [-0.4, -0.2) is 36.6 Å². The smallest absolute Gasteiger partial charge is 0.258 e. The molecule has 0 fully saturated rings. The number of carbonyl (C=O) groups excluding carboxylic acids is 2. The number of allylic oxidation sites excluding steroid dienone is 1. The van der Waals surface area contributed by atoms with Gasteiger partial charge in [0.1, 0.15) is 0 Å². The van der Waals surface area contributed by atoms with Gasteiger partial charge in [-0.3, -0.25) is 19.6 Å². The van der Waals surface area contributed by atoms with Crippen LogP contribution in [0.2, 0.25) is 5.02 Å². The number of hydrogen-bond acceptors (Lipinski definition) is 4. The molecular weight excluding hydrogens is 508 g/mol. The van der Waals surface area contributed by atoms with Crippen LogP contribution in [0.5, 0.6) is 0 Å². The lowest BCUT2D eigenvalue weighted by atomic mass is 10.1. The maximum absolute atomic E-state index is 13.3. The summed E-state index contributed by atoms with van der Waals surface area (Å²) < 4.78 is 0. The van der Waals surface area contributed by atoms with Crippen LogP contribution in [-0.2, 0) is 0 Å². The van der Waals surface area contributed by atoms with Gasteiger partial charge in [0, 0.05) is 65.1 Å². The van der Waals surface area contributed by atoms with Gasteiger partial charge in [0.05, 0.1) is 11.4 Å². The van der Waals surface area contributed by atoms with Crippen LogP contribution < -0.4 is 9.80 Å². The Hall–Kier alpha value is -4.81. The SMILES string of the molecule is C=CN=C(C=C)c1ccc(C(=O)N(C)c2cc(Cl)cc(N(C)C(=O)c3ccc(-c4ccccn4)cc3)c2)cc1. The molecular formula is C32H27ClN4O2. The van der Waals surface area contributed by atoms with E-state index in [1.54, 1.807) is 81.0 Å². The lowest BCUT2D eigenvalue weighted by Crippen LogP contribution is -2.28. The molecule has 1 aromatic heterocycles. The van der Waals surface area contributed by atoms with Gasteiger partial charge in [-0.1, -0.05) is 55.1 Å². The van der Waals surface area contributed by atoms with Crippen LogP contribution in [0, 0.1) is 0 Å². The summed E-state index contributed by atoms with van der Waals surface area (Å²) in [5.74, 6) is -0.436. The number of pyridine rings is 1. The third-order valence-electron chi connectivity index (χ3n) is 6.20. The van der Waals surface area contributed by atoms with Crippen LogP contribution in [0.25, 0.3) is 11.3 Å². The molecule has 7 heteroatoms. The molecule has 0 aliphatic heterocycles. The van der Waals surface area contributed by atoms with Gasteiger partial charge in [0.2, 0.25) is 0 Å². The molecule has 39 heavy (non-hydrogen) atoms. The van der Waals surface area contributed by atoms with Crippen LogP contribution in [0.4, 0.5) is 11.4 Å². The molecule has 6 nitrogen and oxygen atoms in total. The summed E-state index contributed by atoms with van der Waals surface area (Å²) in [5.41, 5.74) is 5.35. The van der Waals surface area contributed by atoms with E-state index in [-0.39, 0.29) is 11.8 Å². The molecule has 194 valence electrons. The fraction of sp³-hybridized carbons (Fsp3) is 0.0625. The number of aromatic nitrogens is 1. The average Bonchev–Trinajstić information content (AvgIpc) is 2.98. The summed E-state index contributed by atoms with van der Waals surface area (Å²) in [5, 5.41) is 0.402. The summed E-state index contributed by atoms with van der Waals surface area (Å²) in [4.78, 5) is 38.0. The van der Waals surface area contributed by atoms with Crippen molar-refractivity contribution in [1.29, 1.82) is 0 Å². The Balaban J connectivity index is 1.54. The van der Waals surface area contributed by atoms with Gasteiger partial charge < -0.3 is 9.80 Å². The second-order valence-corrected chi connectivity index (χ2v) is 9.10. The van der Waals surface area contributed by atoms with E-state index in [9.17, 15) is 9.59 Å². The first-order chi connectivity index (χ1) is 18.8. The molecule has 0 aliphatic rings. The zero-order valence-electron chi connectivity index (χ0n) is 21.7. The highest BCUT2D eigenvalue weighted by Crippen LogP contribution is 2.29. The van der Waals surface area contributed by atoms with Crippen molar-refractivity contribution in [2.24, 2.45) is 4.99 Å². The lowest BCUT2D eigenvalue weighted by Gasteiger charge is -2.22. The Morgan fingerprint density at radius 3 is 1.82 bits per heavy atom. The van der Waals surface area contributed by atoms with Crippen molar-refractivity contribution in [1.82, 2.24) is 4.98 Å². The summed E-state index contributed by atoms with van der Waals surface area (Å²) >= 11 is 6.42. The molecule has 0 unspecified atom stereocenters. The van der Waals surface area contributed by atoms with Crippen molar-refractivity contribution in [2.75, 3.05) is 23.9 Å². The molecule has 2 amide bonds. The predicted molar refractivity (Wildman–Crippen MR) is 160 cm³/mol. The van der Waals surface area contributed by atoms with Crippen molar-refractivity contribution in [3.63, 3.8) is 0 Å². The number of rotatable bonds is 8. The lowest BCUT2D eigenvalue weighted by molar-refractivity contribution is 0.0986. The minimum Gasteiger partial charge on any atom is -0.311 e. The summed E-state index contributed by atoms with van der Waals surface area (Å²) in [6, 6.07) is 25.2. The molecule has 0 spiro atoms. The average molecular weight is 535 g/mol. The minimum atomic E-state index is -0.227. The van der Waals surface area contributed by atoms with Gasteiger partial charge in [0.15, 0.2) is 0 Å². The fourth-order valence-electron chi connectivity index (χ4n) is 4.01. The molecule has 0 saturated heterocycles. The highest BCUT2D eigenvalue weighted by atomic mass is 35.5. The summed E-state index contributed by atoms with van der Waals surface area (Å²) in [7, 11) is 3.34. The fourth-order valence-corrected chi connectivity index (χ4v) is 4.24. The van der Waals surface area contributed by atoms with E-state index in [2.05, 4.69) is 23.1 Å². The number of halogens is 1. The van der Waals surface area contributed by atoms with E-state index in [0.717, 1.165) is 16.8 Å². The Morgan fingerprint density at radius 2 is 1.33 bits per heavy atom. The first-order valence-corrected chi connectivity index (χ1v) is 12.5. The number of amides is 2. The molecule has 0 atom stereocenters. The Bertz CT molecular complexity index is 1550. The Morgan fingerprint density at radius 1 is 0.795 bits per heavy atom. The second kappa shape index (κ2) is 12.2.